The summed E-state index contributed by atoms with van der Waals surface area (Å²) in [5.74, 6) is -4.56. The SMILES string of the molecule is CCCC(NC(=O)CN(C)[C@@H](CNC(=O)/C=C/C(=O)OC)C(=O)O)C(=O)O. The van der Waals surface area contributed by atoms with E-state index in [1.54, 1.807) is 6.92 Å². The normalized spacial score (nSPS) is 13.0. The van der Waals surface area contributed by atoms with Gasteiger partial charge in [-0.1, -0.05) is 13.3 Å². The maximum Gasteiger partial charge on any atom is 0.330 e. The highest BCUT2D eigenvalue weighted by molar-refractivity contribution is 5.94. The third-order valence-electron chi connectivity index (χ3n) is 3.46. The lowest BCUT2D eigenvalue weighted by Gasteiger charge is -2.25. The largest absolute Gasteiger partial charge is 0.480 e. The second-order valence-corrected chi connectivity index (χ2v) is 5.62. The topological polar surface area (TPSA) is 162 Å². The standard InChI is InChI=1S/C16H25N3O8/c1-4-5-10(15(23)24)18-13(21)9-19(2)11(16(25)26)8-17-12(20)6-7-14(22)27-3/h6-7,10-11H,4-5,8-9H2,1-3H3,(H,17,20)(H,18,21)(H,23,24)(H,25,26)/b7-6+/t10?,11-/m0/s1. The van der Waals surface area contributed by atoms with Crippen molar-refractivity contribution in [3.63, 3.8) is 0 Å². The third-order valence-corrected chi connectivity index (χ3v) is 3.46. The summed E-state index contributed by atoms with van der Waals surface area (Å²) in [5.41, 5.74) is 0. The van der Waals surface area contributed by atoms with Crippen molar-refractivity contribution >= 4 is 29.7 Å². The molecule has 0 aromatic rings. The first-order valence-electron chi connectivity index (χ1n) is 8.11. The fraction of sp³-hybridized carbons (Fsp3) is 0.562. The molecule has 2 amide bonds. The van der Waals surface area contributed by atoms with E-state index in [1.165, 1.54) is 7.05 Å². The van der Waals surface area contributed by atoms with Gasteiger partial charge < -0.3 is 25.6 Å². The molecule has 1 unspecified atom stereocenters. The quantitative estimate of drug-likeness (QED) is 0.233. The number of aliphatic carboxylic acids is 2. The number of ether oxygens (including phenoxy) is 1. The van der Waals surface area contributed by atoms with Crippen molar-refractivity contribution in [2.24, 2.45) is 0 Å². The van der Waals surface area contributed by atoms with Crippen molar-refractivity contribution in [3.8, 4) is 0 Å². The lowest BCUT2D eigenvalue weighted by Crippen LogP contribution is -2.51. The molecule has 27 heavy (non-hydrogen) atoms. The maximum absolute atomic E-state index is 12.0. The van der Waals surface area contributed by atoms with Crippen LogP contribution in [-0.2, 0) is 28.7 Å². The minimum atomic E-state index is -1.29. The van der Waals surface area contributed by atoms with Gasteiger partial charge in [0.05, 0.1) is 13.7 Å². The molecule has 0 saturated heterocycles. The van der Waals surface area contributed by atoms with Crippen molar-refractivity contribution < 1.29 is 38.9 Å². The fourth-order valence-corrected chi connectivity index (χ4v) is 2.02. The second-order valence-electron chi connectivity index (χ2n) is 5.62. The van der Waals surface area contributed by atoms with Crippen LogP contribution in [0.2, 0.25) is 0 Å². The molecule has 0 aliphatic rings. The Morgan fingerprint density at radius 3 is 2.22 bits per heavy atom. The van der Waals surface area contributed by atoms with Crippen LogP contribution in [0.4, 0.5) is 0 Å². The van der Waals surface area contributed by atoms with Crippen LogP contribution < -0.4 is 10.6 Å². The zero-order valence-corrected chi connectivity index (χ0v) is 15.4. The number of rotatable bonds is 12. The minimum absolute atomic E-state index is 0.246. The van der Waals surface area contributed by atoms with Crippen LogP contribution >= 0.6 is 0 Å². The van der Waals surface area contributed by atoms with Crippen LogP contribution in [0.15, 0.2) is 12.2 Å². The van der Waals surface area contributed by atoms with Crippen LogP contribution in [-0.4, -0.2) is 84.2 Å². The van der Waals surface area contributed by atoms with Gasteiger partial charge in [0, 0.05) is 18.7 Å². The first kappa shape index (κ1) is 24.1. The molecule has 0 fully saturated rings. The summed E-state index contributed by atoms with van der Waals surface area (Å²) in [6.45, 7) is 1.06. The predicted molar refractivity (Wildman–Crippen MR) is 92.7 cm³/mol. The highest BCUT2D eigenvalue weighted by Crippen LogP contribution is 2.00. The molecule has 0 rings (SSSR count). The van der Waals surface area contributed by atoms with Crippen molar-refractivity contribution in [1.29, 1.82) is 0 Å². The third kappa shape index (κ3) is 9.94. The summed E-state index contributed by atoms with van der Waals surface area (Å²) in [7, 11) is 2.49. The number of carbonyl (C=O) groups is 5. The molecule has 152 valence electrons. The molecule has 0 heterocycles. The van der Waals surface area contributed by atoms with Gasteiger partial charge in [-0.15, -0.1) is 0 Å². The lowest BCUT2D eigenvalue weighted by molar-refractivity contribution is -0.145. The minimum Gasteiger partial charge on any atom is -0.480 e. The predicted octanol–water partition coefficient (Wildman–Crippen LogP) is -1.41. The number of likely N-dealkylation sites (N-methyl/N-ethyl adjacent to an activating group) is 1. The number of methoxy groups -OCH3 is 1. The molecule has 11 heteroatoms. The number of hydrogen-bond acceptors (Lipinski definition) is 7. The van der Waals surface area contributed by atoms with Gasteiger partial charge in [0.2, 0.25) is 11.8 Å². The zero-order valence-electron chi connectivity index (χ0n) is 15.4. The molecule has 0 radical (unpaired) electrons. The first-order chi connectivity index (χ1) is 12.6. The van der Waals surface area contributed by atoms with E-state index >= 15 is 0 Å². The van der Waals surface area contributed by atoms with Gasteiger partial charge in [-0.25, -0.2) is 9.59 Å². The summed E-state index contributed by atoms with van der Waals surface area (Å²) < 4.78 is 4.32. The molecule has 2 atom stereocenters. The lowest BCUT2D eigenvalue weighted by atomic mass is 10.1. The average molecular weight is 387 g/mol. The van der Waals surface area contributed by atoms with Gasteiger partial charge in [0.15, 0.2) is 0 Å². The summed E-state index contributed by atoms with van der Waals surface area (Å²) in [5, 5.41) is 22.9. The van der Waals surface area contributed by atoms with Gasteiger partial charge in [0.1, 0.15) is 12.1 Å². The molecular formula is C16H25N3O8. The van der Waals surface area contributed by atoms with Crippen molar-refractivity contribution in [3.05, 3.63) is 12.2 Å². The van der Waals surface area contributed by atoms with E-state index in [4.69, 9.17) is 5.11 Å². The Labute approximate surface area is 156 Å². The molecule has 11 nitrogen and oxygen atoms in total. The smallest absolute Gasteiger partial charge is 0.330 e. The summed E-state index contributed by atoms with van der Waals surface area (Å²) in [6.07, 6.45) is 2.56. The Bertz CT molecular complexity index is 590. The Morgan fingerprint density at radius 1 is 1.11 bits per heavy atom. The number of nitrogens with zero attached hydrogens (tertiary/aromatic N) is 1. The Balaban J connectivity index is 4.72. The average Bonchev–Trinajstić information content (AvgIpc) is 2.58. The van der Waals surface area contributed by atoms with Crippen LogP contribution in [0.25, 0.3) is 0 Å². The van der Waals surface area contributed by atoms with E-state index in [0.717, 1.165) is 24.2 Å². The van der Waals surface area contributed by atoms with Gasteiger partial charge in [0.25, 0.3) is 0 Å². The van der Waals surface area contributed by atoms with Crippen LogP contribution in [0.5, 0.6) is 0 Å². The van der Waals surface area contributed by atoms with E-state index in [1.807, 2.05) is 0 Å². The fourth-order valence-electron chi connectivity index (χ4n) is 2.02. The maximum atomic E-state index is 12.0. The van der Waals surface area contributed by atoms with E-state index in [2.05, 4.69) is 15.4 Å². The molecule has 0 aliphatic carbocycles. The molecular weight excluding hydrogens is 362 g/mol. The van der Waals surface area contributed by atoms with Crippen LogP contribution in [0.3, 0.4) is 0 Å². The highest BCUT2D eigenvalue weighted by Gasteiger charge is 2.26. The summed E-state index contributed by atoms with van der Waals surface area (Å²) >= 11 is 0. The molecule has 0 saturated carbocycles. The Kier molecular flexibility index (Phi) is 11.1. The van der Waals surface area contributed by atoms with Gasteiger partial charge >= 0.3 is 17.9 Å². The van der Waals surface area contributed by atoms with E-state index in [-0.39, 0.29) is 19.5 Å². The molecule has 0 aromatic carbocycles. The Morgan fingerprint density at radius 2 is 1.74 bits per heavy atom. The van der Waals surface area contributed by atoms with E-state index in [0.29, 0.717) is 6.42 Å². The van der Waals surface area contributed by atoms with Crippen LogP contribution in [0.1, 0.15) is 19.8 Å². The first-order valence-corrected chi connectivity index (χ1v) is 8.11. The van der Waals surface area contributed by atoms with E-state index in [9.17, 15) is 29.1 Å². The summed E-state index contributed by atoms with van der Waals surface area (Å²) in [6, 6.07) is -2.29. The number of hydrogen-bond donors (Lipinski definition) is 4. The monoisotopic (exact) mass is 387 g/mol. The number of carbonyl (C=O) groups excluding carboxylic acids is 3. The van der Waals surface area contributed by atoms with Crippen LogP contribution in [0, 0.1) is 0 Å². The molecule has 0 bridgehead atoms. The van der Waals surface area contributed by atoms with Gasteiger partial charge in [-0.3, -0.25) is 19.3 Å². The summed E-state index contributed by atoms with van der Waals surface area (Å²) in [4.78, 5) is 58.0. The van der Waals surface area contributed by atoms with Gasteiger partial charge in [-0.2, -0.15) is 0 Å². The van der Waals surface area contributed by atoms with Crippen molar-refractivity contribution in [2.45, 2.75) is 31.8 Å². The number of nitrogens with one attached hydrogen (secondary N) is 2. The van der Waals surface area contributed by atoms with Gasteiger partial charge in [-0.05, 0) is 13.5 Å². The number of carboxylic acids is 2. The molecule has 0 spiro atoms. The molecule has 0 aliphatic heterocycles. The molecule has 0 aromatic heterocycles. The van der Waals surface area contributed by atoms with E-state index < -0.39 is 41.8 Å². The number of carboxylic acid groups (broad SMARTS) is 2. The second kappa shape index (κ2) is 12.4. The molecule has 4 N–H and O–H groups in total. The number of amides is 2. The zero-order chi connectivity index (χ0) is 21.0. The van der Waals surface area contributed by atoms with Crippen molar-refractivity contribution in [2.75, 3.05) is 27.2 Å². The number of esters is 1. The van der Waals surface area contributed by atoms with Crippen molar-refractivity contribution in [1.82, 2.24) is 15.5 Å². The highest BCUT2D eigenvalue weighted by atomic mass is 16.5. The Hall–Kier alpha value is -2.95.